The van der Waals surface area contributed by atoms with Crippen LogP contribution in [0.25, 0.3) is 0 Å². The third kappa shape index (κ3) is 4.23. The molecule has 1 atom stereocenters. The van der Waals surface area contributed by atoms with Gasteiger partial charge in [-0.05, 0) is 23.3 Å². The number of ether oxygens (including phenoxy) is 3. The first-order valence-corrected chi connectivity index (χ1v) is 9.05. The molecule has 0 bridgehead atoms. The number of carbonyl (C=O) groups is 3. The summed E-state index contributed by atoms with van der Waals surface area (Å²) in [5, 5.41) is 5.59. The van der Waals surface area contributed by atoms with Crippen LogP contribution in [0.3, 0.4) is 0 Å². The Bertz CT molecular complexity index is 917. The van der Waals surface area contributed by atoms with Crippen molar-refractivity contribution in [1.82, 2.24) is 15.5 Å². The summed E-state index contributed by atoms with van der Waals surface area (Å²) >= 11 is 0. The number of rotatable bonds is 6. The molecule has 0 radical (unpaired) electrons. The summed E-state index contributed by atoms with van der Waals surface area (Å²) in [4.78, 5) is 37.1. The monoisotopic (exact) mass is 397 g/mol. The minimum Gasteiger partial charge on any atom is -0.454 e. The van der Waals surface area contributed by atoms with Crippen LogP contribution in [0.2, 0.25) is 0 Å². The summed E-state index contributed by atoms with van der Waals surface area (Å²) < 4.78 is 15.3. The summed E-state index contributed by atoms with van der Waals surface area (Å²) in [5.74, 6) is 0.876. The van der Waals surface area contributed by atoms with E-state index in [1.807, 2.05) is 36.4 Å². The number of amides is 4. The normalized spacial score (nSPS) is 15.8. The molecule has 2 N–H and O–H groups in total. The Kier molecular flexibility index (Phi) is 5.19. The summed E-state index contributed by atoms with van der Waals surface area (Å²) in [7, 11) is 0. The average Bonchev–Trinajstić information content (AvgIpc) is 3.33. The highest BCUT2D eigenvalue weighted by atomic mass is 16.7. The maximum Gasteiger partial charge on any atom is 0.417 e. The van der Waals surface area contributed by atoms with Crippen LogP contribution in [0.1, 0.15) is 17.2 Å². The second-order valence-corrected chi connectivity index (χ2v) is 6.54. The molecule has 0 aliphatic carbocycles. The van der Waals surface area contributed by atoms with Crippen LogP contribution in [-0.4, -0.2) is 42.9 Å². The van der Waals surface area contributed by atoms with E-state index in [2.05, 4.69) is 10.6 Å². The van der Waals surface area contributed by atoms with Crippen molar-refractivity contribution in [2.75, 3.05) is 19.9 Å². The number of nitrogens with zero attached hydrogens (tertiary/aromatic N) is 1. The number of imide groups is 1. The van der Waals surface area contributed by atoms with Crippen LogP contribution < -0.4 is 20.1 Å². The lowest BCUT2D eigenvalue weighted by Gasteiger charge is -2.23. The van der Waals surface area contributed by atoms with E-state index in [0.29, 0.717) is 11.5 Å². The first-order valence-electron chi connectivity index (χ1n) is 9.05. The Morgan fingerprint density at radius 1 is 1.03 bits per heavy atom. The van der Waals surface area contributed by atoms with Crippen LogP contribution in [-0.2, 0) is 16.1 Å². The van der Waals surface area contributed by atoms with Gasteiger partial charge in [-0.2, -0.15) is 0 Å². The van der Waals surface area contributed by atoms with Crippen LogP contribution in [0.4, 0.5) is 9.59 Å². The minimum atomic E-state index is -0.710. The van der Waals surface area contributed by atoms with E-state index >= 15 is 0 Å². The first kappa shape index (κ1) is 18.6. The summed E-state index contributed by atoms with van der Waals surface area (Å²) in [5.41, 5.74) is 1.61. The van der Waals surface area contributed by atoms with Gasteiger partial charge in [-0.15, -0.1) is 0 Å². The lowest BCUT2D eigenvalue weighted by atomic mass is 10.1. The largest absolute Gasteiger partial charge is 0.454 e. The predicted molar refractivity (Wildman–Crippen MR) is 100 cm³/mol. The molecule has 0 spiro atoms. The van der Waals surface area contributed by atoms with Gasteiger partial charge in [0.1, 0.15) is 0 Å². The second-order valence-electron chi connectivity index (χ2n) is 6.54. The van der Waals surface area contributed by atoms with Crippen LogP contribution in [0.5, 0.6) is 11.5 Å². The predicted octanol–water partition coefficient (Wildman–Crippen LogP) is 1.93. The third-order valence-electron chi connectivity index (χ3n) is 4.60. The van der Waals surface area contributed by atoms with Gasteiger partial charge in [-0.1, -0.05) is 36.4 Å². The minimum absolute atomic E-state index is 0.0148. The fourth-order valence-corrected chi connectivity index (χ4v) is 3.10. The number of fused-ring (bicyclic) bond motifs is 1. The second kappa shape index (κ2) is 8.09. The molecule has 4 rings (SSSR count). The number of benzene rings is 2. The van der Waals surface area contributed by atoms with Crippen molar-refractivity contribution in [3.8, 4) is 11.5 Å². The maximum absolute atomic E-state index is 12.5. The molecule has 2 aromatic carbocycles. The number of cyclic esters (lactones) is 1. The molecular formula is C20H19N3O6. The SMILES string of the molecule is O=C(NCc1ccc2c(c1)OCO2)NC(CN1C(=O)COC1=O)c1ccccc1. The quantitative estimate of drug-likeness (QED) is 0.772. The molecule has 1 unspecified atom stereocenters. The number of hydrogen-bond acceptors (Lipinski definition) is 6. The molecule has 2 heterocycles. The van der Waals surface area contributed by atoms with Crippen molar-refractivity contribution in [3.05, 3.63) is 59.7 Å². The van der Waals surface area contributed by atoms with Gasteiger partial charge in [0.25, 0.3) is 5.91 Å². The molecule has 1 saturated heterocycles. The Hall–Kier alpha value is -3.75. The summed E-state index contributed by atoms with van der Waals surface area (Å²) in [6.07, 6.45) is -0.710. The zero-order valence-corrected chi connectivity index (χ0v) is 15.4. The van der Waals surface area contributed by atoms with Gasteiger partial charge in [-0.3, -0.25) is 4.79 Å². The number of hydrogen-bond donors (Lipinski definition) is 2. The lowest BCUT2D eigenvalue weighted by Crippen LogP contribution is -2.43. The number of urea groups is 1. The van der Waals surface area contributed by atoms with Gasteiger partial charge in [0, 0.05) is 6.54 Å². The molecule has 9 heteroatoms. The third-order valence-corrected chi connectivity index (χ3v) is 4.60. The van der Waals surface area contributed by atoms with Gasteiger partial charge < -0.3 is 24.8 Å². The number of carbonyl (C=O) groups excluding carboxylic acids is 3. The summed E-state index contributed by atoms with van der Waals surface area (Å²) in [6, 6.07) is 13.5. The highest BCUT2D eigenvalue weighted by molar-refractivity contribution is 5.97. The first-order chi connectivity index (χ1) is 14.1. The van der Waals surface area contributed by atoms with Gasteiger partial charge in [0.15, 0.2) is 18.1 Å². The van der Waals surface area contributed by atoms with Crippen molar-refractivity contribution < 1.29 is 28.6 Å². The van der Waals surface area contributed by atoms with Gasteiger partial charge in [-0.25, -0.2) is 14.5 Å². The van der Waals surface area contributed by atoms with Crippen molar-refractivity contribution in [2.24, 2.45) is 0 Å². The van der Waals surface area contributed by atoms with E-state index < -0.39 is 24.1 Å². The molecule has 9 nitrogen and oxygen atoms in total. The van der Waals surface area contributed by atoms with Crippen LogP contribution in [0, 0.1) is 0 Å². The lowest BCUT2D eigenvalue weighted by molar-refractivity contribution is -0.126. The van der Waals surface area contributed by atoms with Crippen molar-refractivity contribution >= 4 is 18.0 Å². The van der Waals surface area contributed by atoms with Gasteiger partial charge in [0.05, 0.1) is 12.6 Å². The topological polar surface area (TPSA) is 106 Å². The highest BCUT2D eigenvalue weighted by Gasteiger charge is 2.33. The van der Waals surface area contributed by atoms with E-state index in [1.165, 1.54) is 0 Å². The van der Waals surface area contributed by atoms with Gasteiger partial charge in [0.2, 0.25) is 6.79 Å². The Morgan fingerprint density at radius 2 is 1.83 bits per heavy atom. The fraction of sp³-hybridized carbons (Fsp3) is 0.250. The molecule has 150 valence electrons. The van der Waals surface area contributed by atoms with Crippen molar-refractivity contribution in [1.29, 1.82) is 0 Å². The molecule has 2 aliphatic rings. The van der Waals surface area contributed by atoms with Crippen molar-refractivity contribution in [2.45, 2.75) is 12.6 Å². The van der Waals surface area contributed by atoms with E-state index in [-0.39, 0.29) is 26.5 Å². The van der Waals surface area contributed by atoms with E-state index in [9.17, 15) is 14.4 Å². The molecule has 0 saturated carbocycles. The zero-order chi connectivity index (χ0) is 20.2. The maximum atomic E-state index is 12.5. The molecule has 4 amide bonds. The van der Waals surface area contributed by atoms with Gasteiger partial charge >= 0.3 is 12.1 Å². The van der Waals surface area contributed by atoms with E-state index in [1.54, 1.807) is 12.1 Å². The average molecular weight is 397 g/mol. The Morgan fingerprint density at radius 3 is 2.59 bits per heavy atom. The standard InChI is InChI=1S/C20H19N3O6/c24-18-11-27-20(26)23(18)10-15(14-4-2-1-3-5-14)22-19(25)21-9-13-6-7-16-17(8-13)29-12-28-16/h1-8,15H,9-12H2,(H2,21,22,25). The molecule has 29 heavy (non-hydrogen) atoms. The molecule has 2 aliphatic heterocycles. The highest BCUT2D eigenvalue weighted by Crippen LogP contribution is 2.32. The van der Waals surface area contributed by atoms with E-state index in [0.717, 1.165) is 16.0 Å². The Balaban J connectivity index is 1.40. The zero-order valence-electron chi connectivity index (χ0n) is 15.4. The van der Waals surface area contributed by atoms with Crippen LogP contribution in [0.15, 0.2) is 48.5 Å². The van der Waals surface area contributed by atoms with Crippen LogP contribution >= 0.6 is 0 Å². The fourth-order valence-electron chi connectivity index (χ4n) is 3.10. The molecule has 0 aromatic heterocycles. The molecule has 2 aromatic rings. The number of nitrogens with one attached hydrogen (secondary N) is 2. The molecular weight excluding hydrogens is 378 g/mol. The van der Waals surface area contributed by atoms with E-state index in [4.69, 9.17) is 14.2 Å². The van der Waals surface area contributed by atoms with Crippen molar-refractivity contribution in [3.63, 3.8) is 0 Å². The summed E-state index contributed by atoms with van der Waals surface area (Å²) in [6.45, 7) is 0.160. The molecule has 1 fully saturated rings. The Labute approximate surface area is 166 Å². The smallest absolute Gasteiger partial charge is 0.417 e.